The van der Waals surface area contributed by atoms with Gasteiger partial charge in [-0.25, -0.2) is 33.5 Å². The molecule has 0 radical (unpaired) electrons. The van der Waals surface area contributed by atoms with Crippen LogP contribution in [0.3, 0.4) is 0 Å². The number of carbonyl (C=O) groups is 2. The van der Waals surface area contributed by atoms with Crippen LogP contribution < -0.4 is 10.1 Å². The second-order valence-electron chi connectivity index (χ2n) is 9.11. The van der Waals surface area contributed by atoms with Crippen molar-refractivity contribution in [3.05, 3.63) is 65.9 Å². The zero-order chi connectivity index (χ0) is 27.8. The van der Waals surface area contributed by atoms with E-state index in [-0.39, 0.29) is 48.2 Å². The molecule has 0 aliphatic heterocycles. The summed E-state index contributed by atoms with van der Waals surface area (Å²) in [6.45, 7) is 4.05. The predicted molar refractivity (Wildman–Crippen MR) is 135 cm³/mol. The van der Waals surface area contributed by atoms with Crippen LogP contribution in [0.4, 0.5) is 8.78 Å². The Morgan fingerprint density at radius 1 is 1.03 bits per heavy atom. The molecule has 206 valence electrons. The fourth-order valence-corrected chi connectivity index (χ4v) is 4.09. The third-order valence-electron chi connectivity index (χ3n) is 6.05. The monoisotopic (exact) mass is 541 g/mol. The largest absolute Gasteiger partial charge is 0.472 e. The first-order valence-electron chi connectivity index (χ1n) is 12.7. The average Bonchev–Trinajstić information content (AvgIpc) is 2.94. The molecule has 12 heteroatoms. The van der Waals surface area contributed by atoms with E-state index < -0.39 is 17.6 Å². The zero-order valence-electron chi connectivity index (χ0n) is 21.6. The molecule has 1 aliphatic rings. The molecule has 0 aromatic carbocycles. The van der Waals surface area contributed by atoms with Gasteiger partial charge in [-0.05, 0) is 57.7 Å². The summed E-state index contributed by atoms with van der Waals surface area (Å²) in [5.41, 5.74) is 0.693. The van der Waals surface area contributed by atoms with Gasteiger partial charge in [0.25, 0.3) is 11.8 Å². The van der Waals surface area contributed by atoms with Gasteiger partial charge in [-0.2, -0.15) is 0 Å². The Labute approximate surface area is 224 Å². The van der Waals surface area contributed by atoms with Crippen molar-refractivity contribution in [1.82, 2.24) is 25.3 Å². The maximum Gasteiger partial charge on any atom is 0.356 e. The lowest BCUT2D eigenvalue weighted by Gasteiger charge is -2.29. The summed E-state index contributed by atoms with van der Waals surface area (Å²) in [7, 11) is 0. The standard InChI is InChI=1S/C27H29F2N5O5/c1-3-37-27(36)23-11-17(8-9-30-23)25(35)34-16(2)15-38-20-4-6-21(7-5-20)39-26-22(29)10-18(12-33-26)24-31-13-19(28)14-32-24/h8-14,16,20-21H,3-7,15H2,1-2H3,(H,34,35)/t16-,20?,21?/m0/s1. The van der Waals surface area contributed by atoms with Gasteiger partial charge in [0.1, 0.15) is 11.8 Å². The number of carbonyl (C=O) groups excluding carboxylic acids is 2. The van der Waals surface area contributed by atoms with Crippen molar-refractivity contribution in [2.45, 2.75) is 57.8 Å². The van der Waals surface area contributed by atoms with Gasteiger partial charge >= 0.3 is 5.97 Å². The van der Waals surface area contributed by atoms with Crippen LogP contribution in [0.5, 0.6) is 5.88 Å². The number of ether oxygens (including phenoxy) is 3. The van der Waals surface area contributed by atoms with Crippen LogP contribution >= 0.6 is 0 Å². The molecule has 0 unspecified atom stereocenters. The topological polar surface area (TPSA) is 125 Å². The van der Waals surface area contributed by atoms with Crippen LogP contribution in [-0.2, 0) is 9.47 Å². The van der Waals surface area contributed by atoms with Gasteiger partial charge < -0.3 is 19.5 Å². The number of esters is 1. The van der Waals surface area contributed by atoms with Gasteiger partial charge in [-0.1, -0.05) is 0 Å². The van der Waals surface area contributed by atoms with Crippen LogP contribution in [0.15, 0.2) is 43.0 Å². The third kappa shape index (κ3) is 7.73. The van der Waals surface area contributed by atoms with E-state index in [9.17, 15) is 18.4 Å². The van der Waals surface area contributed by atoms with E-state index in [2.05, 4.69) is 25.3 Å². The number of nitrogens with zero attached hydrogens (tertiary/aromatic N) is 4. The molecule has 1 aliphatic carbocycles. The molecule has 1 N–H and O–H groups in total. The Bertz CT molecular complexity index is 1290. The highest BCUT2D eigenvalue weighted by Crippen LogP contribution is 2.27. The Kier molecular flexibility index (Phi) is 9.42. The van der Waals surface area contributed by atoms with Crippen LogP contribution in [-0.4, -0.2) is 63.3 Å². The SMILES string of the molecule is CCOC(=O)c1cc(C(=O)N[C@@H](C)COC2CCC(Oc3ncc(-c4ncc(F)cn4)cc3F)CC2)ccn1. The molecule has 1 amide bonds. The molecule has 10 nitrogen and oxygen atoms in total. The molecule has 0 saturated heterocycles. The average molecular weight is 542 g/mol. The van der Waals surface area contributed by atoms with Gasteiger partial charge in [0.15, 0.2) is 17.5 Å². The molecular formula is C27H29F2N5O5. The van der Waals surface area contributed by atoms with Crippen molar-refractivity contribution in [1.29, 1.82) is 0 Å². The van der Waals surface area contributed by atoms with Crippen LogP contribution in [0.25, 0.3) is 11.4 Å². The summed E-state index contributed by atoms with van der Waals surface area (Å²) in [5, 5.41) is 2.85. The summed E-state index contributed by atoms with van der Waals surface area (Å²) >= 11 is 0. The van der Waals surface area contributed by atoms with E-state index in [0.29, 0.717) is 43.4 Å². The van der Waals surface area contributed by atoms with Gasteiger partial charge in [0.2, 0.25) is 0 Å². The summed E-state index contributed by atoms with van der Waals surface area (Å²) < 4.78 is 44.3. The first kappa shape index (κ1) is 28.0. The highest BCUT2D eigenvalue weighted by atomic mass is 19.1. The molecular weight excluding hydrogens is 512 g/mol. The molecule has 3 aromatic rings. The zero-order valence-corrected chi connectivity index (χ0v) is 21.6. The number of halogens is 2. The summed E-state index contributed by atoms with van der Waals surface area (Å²) in [4.78, 5) is 40.1. The molecule has 0 bridgehead atoms. The maximum atomic E-state index is 14.6. The lowest BCUT2D eigenvalue weighted by atomic mass is 9.95. The van der Waals surface area contributed by atoms with Gasteiger partial charge in [0, 0.05) is 29.6 Å². The fraction of sp³-hybridized carbons (Fsp3) is 0.407. The van der Waals surface area contributed by atoms with Gasteiger partial charge in [-0.15, -0.1) is 0 Å². The first-order valence-corrected chi connectivity index (χ1v) is 12.7. The predicted octanol–water partition coefficient (Wildman–Crippen LogP) is 3.91. The Morgan fingerprint density at radius 3 is 2.44 bits per heavy atom. The van der Waals surface area contributed by atoms with Crippen molar-refractivity contribution in [2.24, 2.45) is 0 Å². The van der Waals surface area contributed by atoms with E-state index in [1.165, 1.54) is 30.6 Å². The van der Waals surface area contributed by atoms with E-state index in [1.54, 1.807) is 6.92 Å². The molecule has 1 atom stereocenters. The minimum atomic E-state index is -0.646. The molecule has 4 rings (SSSR count). The summed E-state index contributed by atoms with van der Waals surface area (Å²) in [5.74, 6) is -2.10. The van der Waals surface area contributed by atoms with E-state index in [1.807, 2.05) is 6.92 Å². The molecule has 1 saturated carbocycles. The molecule has 1 fully saturated rings. The number of rotatable bonds is 10. The van der Waals surface area contributed by atoms with Crippen molar-refractivity contribution in [3.63, 3.8) is 0 Å². The number of nitrogens with one attached hydrogen (secondary N) is 1. The quantitative estimate of drug-likeness (QED) is 0.380. The Balaban J connectivity index is 1.20. The summed E-state index contributed by atoms with van der Waals surface area (Å²) in [6, 6.07) is 3.86. The van der Waals surface area contributed by atoms with Crippen molar-refractivity contribution in [3.8, 4) is 17.3 Å². The molecule has 3 aromatic heterocycles. The van der Waals surface area contributed by atoms with E-state index >= 15 is 0 Å². The Hall–Kier alpha value is -4.06. The minimum absolute atomic E-state index is 0.0173. The third-order valence-corrected chi connectivity index (χ3v) is 6.05. The maximum absolute atomic E-state index is 14.6. The first-order chi connectivity index (χ1) is 18.8. The number of aromatic nitrogens is 4. The van der Waals surface area contributed by atoms with Gasteiger partial charge in [0.05, 0.1) is 31.7 Å². The smallest absolute Gasteiger partial charge is 0.356 e. The second-order valence-corrected chi connectivity index (χ2v) is 9.11. The Morgan fingerprint density at radius 2 is 1.74 bits per heavy atom. The summed E-state index contributed by atoms with van der Waals surface area (Å²) in [6.07, 6.45) is 7.29. The van der Waals surface area contributed by atoms with Crippen molar-refractivity contribution < 1.29 is 32.6 Å². The minimum Gasteiger partial charge on any atom is -0.472 e. The van der Waals surface area contributed by atoms with Crippen molar-refractivity contribution in [2.75, 3.05) is 13.2 Å². The molecule has 39 heavy (non-hydrogen) atoms. The number of hydrogen-bond donors (Lipinski definition) is 1. The van der Waals surface area contributed by atoms with E-state index in [0.717, 1.165) is 12.4 Å². The fourth-order valence-electron chi connectivity index (χ4n) is 4.09. The molecule has 0 spiro atoms. The van der Waals surface area contributed by atoms with Crippen LogP contribution in [0.1, 0.15) is 60.4 Å². The lowest BCUT2D eigenvalue weighted by Crippen LogP contribution is -2.38. The van der Waals surface area contributed by atoms with E-state index in [4.69, 9.17) is 14.2 Å². The van der Waals surface area contributed by atoms with Crippen LogP contribution in [0, 0.1) is 11.6 Å². The lowest BCUT2D eigenvalue weighted by molar-refractivity contribution is -0.00571. The number of amides is 1. The number of pyridine rings is 2. The van der Waals surface area contributed by atoms with Crippen molar-refractivity contribution >= 4 is 11.9 Å². The normalized spacial score (nSPS) is 17.7. The number of hydrogen-bond acceptors (Lipinski definition) is 9. The van der Waals surface area contributed by atoms with Gasteiger partial charge in [-0.3, -0.25) is 4.79 Å². The highest BCUT2D eigenvalue weighted by Gasteiger charge is 2.25. The van der Waals surface area contributed by atoms with Crippen LogP contribution in [0.2, 0.25) is 0 Å². The highest BCUT2D eigenvalue weighted by molar-refractivity contribution is 5.97. The molecule has 3 heterocycles. The second kappa shape index (κ2) is 13.1.